The quantitative estimate of drug-likeness (QED) is 0.815. The van der Waals surface area contributed by atoms with E-state index in [2.05, 4.69) is 29.7 Å². The average molecular weight is 263 g/mol. The summed E-state index contributed by atoms with van der Waals surface area (Å²) in [6, 6.07) is 8.33. The molecule has 0 aliphatic carbocycles. The Kier molecular flexibility index (Phi) is 4.63. The molecule has 104 valence electrons. The summed E-state index contributed by atoms with van der Waals surface area (Å²) in [7, 11) is 1.66. The SMILES string of the molecule is COc1ccc([C@H](C)NCCN2CCNC2=O)cc1. The first kappa shape index (κ1) is 13.7. The third-order valence-corrected chi connectivity index (χ3v) is 3.39. The van der Waals surface area contributed by atoms with Crippen LogP contribution in [-0.4, -0.2) is 44.2 Å². The molecule has 1 aromatic carbocycles. The van der Waals surface area contributed by atoms with Gasteiger partial charge in [0.15, 0.2) is 0 Å². The fraction of sp³-hybridized carbons (Fsp3) is 0.500. The highest BCUT2D eigenvalue weighted by atomic mass is 16.5. The standard InChI is InChI=1S/C14H21N3O2/c1-11(12-3-5-13(19-2)6-4-12)15-7-9-17-10-8-16-14(17)18/h3-6,11,15H,7-10H2,1-2H3,(H,16,18)/t11-/m0/s1. The van der Waals surface area contributed by atoms with Crippen molar-refractivity contribution in [1.82, 2.24) is 15.5 Å². The Morgan fingerprint density at radius 1 is 1.42 bits per heavy atom. The normalized spacial score (nSPS) is 16.3. The van der Waals surface area contributed by atoms with Crippen LogP contribution in [0.1, 0.15) is 18.5 Å². The minimum atomic E-state index is 0.0406. The van der Waals surface area contributed by atoms with E-state index >= 15 is 0 Å². The Morgan fingerprint density at radius 3 is 2.74 bits per heavy atom. The van der Waals surface area contributed by atoms with Gasteiger partial charge in [0.1, 0.15) is 5.75 Å². The Labute approximate surface area is 113 Å². The first-order valence-corrected chi connectivity index (χ1v) is 6.61. The molecular formula is C14H21N3O2. The molecule has 0 bridgehead atoms. The first-order valence-electron chi connectivity index (χ1n) is 6.61. The van der Waals surface area contributed by atoms with Crippen LogP contribution in [0.5, 0.6) is 5.75 Å². The van der Waals surface area contributed by atoms with Crippen LogP contribution in [0.4, 0.5) is 4.79 Å². The number of carbonyl (C=O) groups is 1. The molecule has 1 aliphatic rings. The molecule has 1 saturated heterocycles. The summed E-state index contributed by atoms with van der Waals surface area (Å²) in [5.74, 6) is 0.865. The summed E-state index contributed by atoms with van der Waals surface area (Å²) < 4.78 is 5.14. The van der Waals surface area contributed by atoms with E-state index in [1.807, 2.05) is 17.0 Å². The van der Waals surface area contributed by atoms with E-state index in [0.29, 0.717) is 0 Å². The van der Waals surface area contributed by atoms with E-state index in [1.54, 1.807) is 7.11 Å². The maximum Gasteiger partial charge on any atom is 0.317 e. The van der Waals surface area contributed by atoms with Crippen molar-refractivity contribution in [2.75, 3.05) is 33.3 Å². The van der Waals surface area contributed by atoms with Crippen molar-refractivity contribution >= 4 is 6.03 Å². The molecule has 0 saturated carbocycles. The Morgan fingerprint density at radius 2 is 2.16 bits per heavy atom. The number of rotatable bonds is 6. The summed E-state index contributed by atoms with van der Waals surface area (Å²) in [6.07, 6.45) is 0. The predicted octanol–water partition coefficient (Wildman–Crippen LogP) is 1.37. The van der Waals surface area contributed by atoms with E-state index in [9.17, 15) is 4.79 Å². The van der Waals surface area contributed by atoms with Gasteiger partial charge in [-0.1, -0.05) is 12.1 Å². The van der Waals surface area contributed by atoms with E-state index in [4.69, 9.17) is 4.74 Å². The number of urea groups is 1. The molecule has 1 heterocycles. The van der Waals surface area contributed by atoms with Crippen LogP contribution in [0.2, 0.25) is 0 Å². The summed E-state index contributed by atoms with van der Waals surface area (Å²) in [5.41, 5.74) is 1.21. The largest absolute Gasteiger partial charge is 0.497 e. The van der Waals surface area contributed by atoms with Gasteiger partial charge >= 0.3 is 6.03 Å². The molecule has 2 amide bonds. The molecule has 1 aromatic rings. The van der Waals surface area contributed by atoms with Gasteiger partial charge in [-0.25, -0.2) is 4.79 Å². The monoisotopic (exact) mass is 263 g/mol. The zero-order chi connectivity index (χ0) is 13.7. The highest BCUT2D eigenvalue weighted by Gasteiger charge is 2.18. The fourth-order valence-corrected chi connectivity index (χ4v) is 2.15. The number of methoxy groups -OCH3 is 1. The zero-order valence-corrected chi connectivity index (χ0v) is 11.5. The van der Waals surface area contributed by atoms with Crippen LogP contribution in [-0.2, 0) is 0 Å². The number of ether oxygens (including phenoxy) is 1. The van der Waals surface area contributed by atoms with Crippen molar-refractivity contribution in [2.24, 2.45) is 0 Å². The number of hydrogen-bond acceptors (Lipinski definition) is 3. The van der Waals surface area contributed by atoms with Crippen LogP contribution in [0.15, 0.2) is 24.3 Å². The Bertz CT molecular complexity index is 419. The molecule has 1 fully saturated rings. The molecule has 2 N–H and O–H groups in total. The maximum absolute atomic E-state index is 11.4. The van der Waals surface area contributed by atoms with Crippen molar-refractivity contribution in [2.45, 2.75) is 13.0 Å². The van der Waals surface area contributed by atoms with Crippen molar-refractivity contribution < 1.29 is 9.53 Å². The third-order valence-electron chi connectivity index (χ3n) is 3.39. The molecule has 0 radical (unpaired) electrons. The van der Waals surface area contributed by atoms with Gasteiger partial charge in [0.2, 0.25) is 0 Å². The van der Waals surface area contributed by atoms with Gasteiger partial charge in [0.25, 0.3) is 0 Å². The van der Waals surface area contributed by atoms with Gasteiger partial charge in [-0.05, 0) is 24.6 Å². The number of nitrogens with zero attached hydrogens (tertiary/aromatic N) is 1. The van der Waals surface area contributed by atoms with Crippen molar-refractivity contribution in [3.05, 3.63) is 29.8 Å². The lowest BCUT2D eigenvalue weighted by atomic mass is 10.1. The Balaban J connectivity index is 1.77. The van der Waals surface area contributed by atoms with Gasteiger partial charge in [-0.2, -0.15) is 0 Å². The molecule has 1 atom stereocenters. The van der Waals surface area contributed by atoms with E-state index in [-0.39, 0.29) is 12.1 Å². The van der Waals surface area contributed by atoms with Gasteiger partial charge in [-0.15, -0.1) is 0 Å². The molecule has 1 aliphatic heterocycles. The van der Waals surface area contributed by atoms with Gasteiger partial charge < -0.3 is 20.3 Å². The predicted molar refractivity (Wildman–Crippen MR) is 74.4 cm³/mol. The second-order valence-corrected chi connectivity index (χ2v) is 4.67. The summed E-state index contributed by atoms with van der Waals surface area (Å²) >= 11 is 0. The molecule has 0 unspecified atom stereocenters. The molecule has 5 heteroatoms. The number of hydrogen-bond donors (Lipinski definition) is 2. The van der Waals surface area contributed by atoms with Crippen molar-refractivity contribution in [1.29, 1.82) is 0 Å². The molecule has 19 heavy (non-hydrogen) atoms. The first-order chi connectivity index (χ1) is 9.20. The number of carbonyl (C=O) groups excluding carboxylic acids is 1. The van der Waals surface area contributed by atoms with E-state index in [0.717, 1.165) is 31.9 Å². The molecular weight excluding hydrogens is 242 g/mol. The van der Waals surface area contributed by atoms with E-state index in [1.165, 1.54) is 5.56 Å². The topological polar surface area (TPSA) is 53.6 Å². The number of amides is 2. The smallest absolute Gasteiger partial charge is 0.317 e. The maximum atomic E-state index is 11.4. The second-order valence-electron chi connectivity index (χ2n) is 4.67. The number of nitrogens with one attached hydrogen (secondary N) is 2. The van der Waals surface area contributed by atoms with Gasteiger partial charge in [-0.3, -0.25) is 0 Å². The van der Waals surface area contributed by atoms with Gasteiger partial charge in [0, 0.05) is 32.2 Å². The lowest BCUT2D eigenvalue weighted by Gasteiger charge is -2.18. The van der Waals surface area contributed by atoms with E-state index < -0.39 is 0 Å². The second kappa shape index (κ2) is 6.43. The summed E-state index contributed by atoms with van der Waals surface area (Å²) in [6.45, 7) is 5.21. The van der Waals surface area contributed by atoms with Crippen molar-refractivity contribution in [3.8, 4) is 5.75 Å². The van der Waals surface area contributed by atoms with Crippen molar-refractivity contribution in [3.63, 3.8) is 0 Å². The van der Waals surface area contributed by atoms with Crippen LogP contribution in [0.25, 0.3) is 0 Å². The highest BCUT2D eigenvalue weighted by molar-refractivity contribution is 5.76. The van der Waals surface area contributed by atoms with Crippen LogP contribution >= 0.6 is 0 Å². The summed E-state index contributed by atoms with van der Waals surface area (Å²) in [5, 5.41) is 6.22. The van der Waals surface area contributed by atoms with Crippen LogP contribution in [0, 0.1) is 0 Å². The Hall–Kier alpha value is -1.75. The minimum absolute atomic E-state index is 0.0406. The average Bonchev–Trinajstić information content (AvgIpc) is 2.84. The van der Waals surface area contributed by atoms with Crippen LogP contribution < -0.4 is 15.4 Å². The lowest BCUT2D eigenvalue weighted by molar-refractivity contribution is 0.217. The summed E-state index contributed by atoms with van der Waals surface area (Å²) in [4.78, 5) is 13.2. The third kappa shape index (κ3) is 3.61. The molecule has 5 nitrogen and oxygen atoms in total. The minimum Gasteiger partial charge on any atom is -0.497 e. The highest BCUT2D eigenvalue weighted by Crippen LogP contribution is 2.16. The lowest BCUT2D eigenvalue weighted by Crippen LogP contribution is -2.35. The zero-order valence-electron chi connectivity index (χ0n) is 11.5. The molecule has 2 rings (SSSR count). The molecule has 0 spiro atoms. The molecule has 0 aromatic heterocycles. The van der Waals surface area contributed by atoms with Gasteiger partial charge in [0.05, 0.1) is 7.11 Å². The fourth-order valence-electron chi connectivity index (χ4n) is 2.15. The number of benzene rings is 1. The van der Waals surface area contributed by atoms with Crippen LogP contribution in [0.3, 0.4) is 0 Å².